The topological polar surface area (TPSA) is 0 Å². The SMILES string of the molecule is CC(C)(C)B1CCCCC1. The van der Waals surface area contributed by atoms with Crippen LogP contribution in [0.1, 0.15) is 40.0 Å². The fourth-order valence-electron chi connectivity index (χ4n) is 1.97. The molecule has 1 heteroatoms. The number of hydrogen-bond donors (Lipinski definition) is 0. The van der Waals surface area contributed by atoms with Gasteiger partial charge in [0.15, 0.2) is 0 Å². The predicted molar refractivity (Wildman–Crippen MR) is 48.9 cm³/mol. The van der Waals surface area contributed by atoms with Crippen LogP contribution in [-0.2, 0) is 0 Å². The van der Waals surface area contributed by atoms with E-state index in [1.165, 1.54) is 31.9 Å². The quantitative estimate of drug-likeness (QED) is 0.449. The van der Waals surface area contributed by atoms with Crippen LogP contribution in [0.2, 0.25) is 18.0 Å². The van der Waals surface area contributed by atoms with Gasteiger partial charge in [0.05, 0.1) is 0 Å². The summed E-state index contributed by atoms with van der Waals surface area (Å²) in [6.45, 7) is 8.14. The normalized spacial score (nSPS) is 21.3. The van der Waals surface area contributed by atoms with Crippen LogP contribution in [0.25, 0.3) is 0 Å². The Bertz CT molecular complexity index is 95.8. The Labute approximate surface area is 65.5 Å². The zero-order valence-electron chi connectivity index (χ0n) is 7.61. The Hall–Kier alpha value is 0.0649. The van der Waals surface area contributed by atoms with Gasteiger partial charge in [-0.05, 0) is 0 Å². The van der Waals surface area contributed by atoms with Crippen molar-refractivity contribution in [2.45, 2.75) is 58.0 Å². The molecule has 0 atom stereocenters. The Morgan fingerprint density at radius 3 is 1.70 bits per heavy atom. The summed E-state index contributed by atoms with van der Waals surface area (Å²) in [5.41, 5.74) is 0. The van der Waals surface area contributed by atoms with E-state index >= 15 is 0 Å². The van der Waals surface area contributed by atoms with Crippen molar-refractivity contribution in [3.63, 3.8) is 0 Å². The molecule has 0 spiro atoms. The molecule has 0 unspecified atom stereocenters. The van der Waals surface area contributed by atoms with Crippen molar-refractivity contribution >= 4 is 6.71 Å². The smallest absolute Gasteiger partial charge is 0.0737 e. The van der Waals surface area contributed by atoms with Gasteiger partial charge in [-0.15, -0.1) is 0 Å². The van der Waals surface area contributed by atoms with Crippen LogP contribution in [-0.4, -0.2) is 6.71 Å². The lowest BCUT2D eigenvalue weighted by Gasteiger charge is -2.30. The van der Waals surface area contributed by atoms with Crippen molar-refractivity contribution < 1.29 is 0 Å². The van der Waals surface area contributed by atoms with Crippen LogP contribution in [0.3, 0.4) is 0 Å². The molecule has 1 heterocycles. The minimum atomic E-state index is 0.570. The molecule has 1 aliphatic heterocycles. The van der Waals surface area contributed by atoms with Crippen molar-refractivity contribution in [2.24, 2.45) is 0 Å². The van der Waals surface area contributed by atoms with Crippen molar-refractivity contribution in [1.29, 1.82) is 0 Å². The summed E-state index contributed by atoms with van der Waals surface area (Å²) in [6.07, 6.45) is 7.38. The van der Waals surface area contributed by atoms with Crippen LogP contribution >= 0.6 is 0 Å². The molecule has 0 aliphatic carbocycles. The lowest BCUT2D eigenvalue weighted by atomic mass is 9.29. The van der Waals surface area contributed by atoms with E-state index in [2.05, 4.69) is 20.8 Å². The van der Waals surface area contributed by atoms with Gasteiger partial charge < -0.3 is 0 Å². The van der Waals surface area contributed by atoms with Crippen molar-refractivity contribution in [3.8, 4) is 0 Å². The zero-order valence-corrected chi connectivity index (χ0v) is 7.61. The van der Waals surface area contributed by atoms with Gasteiger partial charge in [0.1, 0.15) is 6.71 Å². The second-order valence-corrected chi connectivity index (χ2v) is 4.70. The van der Waals surface area contributed by atoms with Crippen LogP contribution < -0.4 is 0 Å². The average molecular weight is 138 g/mol. The molecule has 58 valence electrons. The Kier molecular flexibility index (Phi) is 2.43. The highest BCUT2D eigenvalue weighted by atomic mass is 14.1. The van der Waals surface area contributed by atoms with Gasteiger partial charge in [-0.25, -0.2) is 0 Å². The van der Waals surface area contributed by atoms with Gasteiger partial charge in [-0.2, -0.15) is 0 Å². The Morgan fingerprint density at radius 2 is 1.40 bits per heavy atom. The molecule has 0 aromatic heterocycles. The minimum Gasteiger partial charge on any atom is -0.0737 e. The van der Waals surface area contributed by atoms with E-state index in [-0.39, 0.29) is 0 Å². The molecule has 0 N–H and O–H groups in total. The molecule has 0 radical (unpaired) electrons. The number of rotatable bonds is 0. The van der Waals surface area contributed by atoms with E-state index in [4.69, 9.17) is 0 Å². The van der Waals surface area contributed by atoms with Gasteiger partial charge in [-0.1, -0.05) is 58.0 Å². The summed E-state index contributed by atoms with van der Waals surface area (Å²) in [5, 5.41) is 0.570. The third-order valence-electron chi connectivity index (χ3n) is 2.83. The molecule has 0 nitrogen and oxygen atoms in total. The first-order valence-electron chi connectivity index (χ1n) is 4.61. The van der Waals surface area contributed by atoms with Gasteiger partial charge in [0, 0.05) is 0 Å². The second kappa shape index (κ2) is 2.98. The van der Waals surface area contributed by atoms with E-state index < -0.39 is 0 Å². The molecule has 1 aliphatic rings. The Morgan fingerprint density at radius 1 is 0.900 bits per heavy atom. The molecule has 0 aromatic carbocycles. The largest absolute Gasteiger partial charge is 0.145 e. The predicted octanol–water partition coefficient (Wildman–Crippen LogP) is 3.47. The summed E-state index contributed by atoms with van der Waals surface area (Å²) in [5.74, 6) is 0. The monoisotopic (exact) mass is 138 g/mol. The highest BCUT2D eigenvalue weighted by Crippen LogP contribution is 2.36. The molecular formula is C9H19B. The first kappa shape index (κ1) is 8.16. The van der Waals surface area contributed by atoms with E-state index in [0.717, 1.165) is 6.71 Å². The van der Waals surface area contributed by atoms with E-state index in [1.807, 2.05) is 0 Å². The van der Waals surface area contributed by atoms with Crippen LogP contribution in [0.5, 0.6) is 0 Å². The third kappa shape index (κ3) is 2.03. The summed E-state index contributed by atoms with van der Waals surface area (Å²) >= 11 is 0. The lowest BCUT2D eigenvalue weighted by Crippen LogP contribution is -2.27. The maximum Gasteiger partial charge on any atom is 0.145 e. The molecule has 1 saturated heterocycles. The zero-order chi connectivity index (χ0) is 7.61. The van der Waals surface area contributed by atoms with E-state index in [9.17, 15) is 0 Å². The average Bonchev–Trinajstić information content (AvgIpc) is 1.88. The van der Waals surface area contributed by atoms with Crippen molar-refractivity contribution in [1.82, 2.24) is 0 Å². The molecular weight excluding hydrogens is 119 g/mol. The second-order valence-electron chi connectivity index (χ2n) is 4.70. The lowest BCUT2D eigenvalue weighted by molar-refractivity contribution is 0.654. The first-order valence-corrected chi connectivity index (χ1v) is 4.61. The molecule has 0 saturated carbocycles. The summed E-state index contributed by atoms with van der Waals surface area (Å²) < 4.78 is 0. The van der Waals surface area contributed by atoms with Gasteiger partial charge in [-0.3, -0.25) is 0 Å². The highest BCUT2D eigenvalue weighted by Gasteiger charge is 2.28. The maximum atomic E-state index is 2.38. The molecule has 0 bridgehead atoms. The van der Waals surface area contributed by atoms with Crippen LogP contribution in [0, 0.1) is 0 Å². The van der Waals surface area contributed by atoms with E-state index in [1.54, 1.807) is 0 Å². The fraction of sp³-hybridized carbons (Fsp3) is 1.00. The summed E-state index contributed by atoms with van der Waals surface area (Å²) in [7, 11) is 0. The fourth-order valence-corrected chi connectivity index (χ4v) is 1.97. The van der Waals surface area contributed by atoms with Gasteiger partial charge in [0.25, 0.3) is 0 Å². The van der Waals surface area contributed by atoms with Gasteiger partial charge in [0.2, 0.25) is 0 Å². The van der Waals surface area contributed by atoms with Crippen molar-refractivity contribution in [2.75, 3.05) is 0 Å². The molecule has 0 aromatic rings. The Balaban J connectivity index is 2.39. The first-order chi connectivity index (χ1) is 4.61. The van der Waals surface area contributed by atoms with Gasteiger partial charge >= 0.3 is 0 Å². The number of hydrogen-bond acceptors (Lipinski definition) is 0. The van der Waals surface area contributed by atoms with Crippen molar-refractivity contribution in [3.05, 3.63) is 0 Å². The molecule has 0 amide bonds. The summed E-state index contributed by atoms with van der Waals surface area (Å²) in [4.78, 5) is 0. The van der Waals surface area contributed by atoms with E-state index in [0.29, 0.717) is 5.31 Å². The minimum absolute atomic E-state index is 0.570. The van der Waals surface area contributed by atoms with Crippen LogP contribution in [0.4, 0.5) is 0 Å². The summed E-state index contributed by atoms with van der Waals surface area (Å²) in [6, 6.07) is 0. The third-order valence-corrected chi connectivity index (χ3v) is 2.83. The van der Waals surface area contributed by atoms with Crippen LogP contribution in [0.15, 0.2) is 0 Å². The standard InChI is InChI=1S/C9H19B/c1-9(2,3)10-7-5-4-6-8-10/h4-8H2,1-3H3. The molecule has 1 fully saturated rings. The molecule has 10 heavy (non-hydrogen) atoms. The maximum absolute atomic E-state index is 2.38. The highest BCUT2D eigenvalue weighted by molar-refractivity contribution is 6.62. The molecule has 1 rings (SSSR count).